The molecule has 90 valence electrons. The lowest BCUT2D eigenvalue weighted by atomic mass is 9.96. The Balaban J connectivity index is 2.41. The number of allylic oxidation sites excluding steroid dienone is 2. The van der Waals surface area contributed by atoms with E-state index in [0.717, 1.165) is 12.1 Å². The van der Waals surface area contributed by atoms with Crippen LogP contribution >= 0.6 is 0 Å². The van der Waals surface area contributed by atoms with Gasteiger partial charge in [-0.15, -0.1) is 0 Å². The van der Waals surface area contributed by atoms with Crippen LogP contribution in [-0.4, -0.2) is 0 Å². The first-order valence-corrected chi connectivity index (χ1v) is 4.94. The standard InChI is InChI=1S/C12H9F4N/c13-11-6-9(8-1-3-17-4-2-8)5-10(7-11)12(14,15)16/h1-8,17H. The van der Waals surface area contributed by atoms with Crippen molar-refractivity contribution in [1.82, 2.24) is 5.32 Å². The fourth-order valence-electron chi connectivity index (χ4n) is 1.63. The lowest BCUT2D eigenvalue weighted by Gasteiger charge is -2.15. The molecule has 0 aromatic heterocycles. The van der Waals surface area contributed by atoms with Crippen molar-refractivity contribution < 1.29 is 17.6 Å². The molecule has 0 saturated carbocycles. The summed E-state index contributed by atoms with van der Waals surface area (Å²) in [5, 5.41) is 2.77. The second-order valence-electron chi connectivity index (χ2n) is 3.68. The summed E-state index contributed by atoms with van der Waals surface area (Å²) in [6, 6.07) is 2.58. The molecule has 0 bridgehead atoms. The smallest absolute Gasteiger partial charge is 0.368 e. The average molecular weight is 243 g/mol. The van der Waals surface area contributed by atoms with E-state index in [1.54, 1.807) is 24.6 Å². The van der Waals surface area contributed by atoms with Gasteiger partial charge in [0.15, 0.2) is 0 Å². The predicted molar refractivity (Wildman–Crippen MR) is 55.6 cm³/mol. The molecule has 1 aliphatic heterocycles. The third-order valence-electron chi connectivity index (χ3n) is 2.43. The van der Waals surface area contributed by atoms with Crippen LogP contribution in [0.3, 0.4) is 0 Å². The van der Waals surface area contributed by atoms with Crippen molar-refractivity contribution in [2.45, 2.75) is 12.1 Å². The highest BCUT2D eigenvalue weighted by molar-refractivity contribution is 5.35. The Morgan fingerprint density at radius 3 is 2.24 bits per heavy atom. The van der Waals surface area contributed by atoms with Crippen molar-refractivity contribution in [2.24, 2.45) is 0 Å². The van der Waals surface area contributed by atoms with Gasteiger partial charge in [-0.2, -0.15) is 13.2 Å². The fraction of sp³-hybridized carbons (Fsp3) is 0.167. The minimum absolute atomic E-state index is 0.284. The van der Waals surface area contributed by atoms with Gasteiger partial charge in [-0.05, 0) is 36.2 Å². The molecule has 0 aliphatic carbocycles. The third kappa shape index (κ3) is 2.67. The Kier molecular flexibility index (Phi) is 2.92. The van der Waals surface area contributed by atoms with E-state index >= 15 is 0 Å². The van der Waals surface area contributed by atoms with E-state index in [0.29, 0.717) is 6.07 Å². The minimum atomic E-state index is -4.53. The highest BCUT2D eigenvalue weighted by Crippen LogP contribution is 2.32. The van der Waals surface area contributed by atoms with E-state index in [-0.39, 0.29) is 11.5 Å². The molecule has 1 nitrogen and oxygen atoms in total. The molecule has 0 radical (unpaired) electrons. The van der Waals surface area contributed by atoms with Crippen molar-refractivity contribution in [3.8, 4) is 0 Å². The van der Waals surface area contributed by atoms with E-state index in [2.05, 4.69) is 5.32 Å². The molecular formula is C12H9F4N. The molecule has 0 saturated heterocycles. The Labute approximate surface area is 95.4 Å². The second-order valence-corrected chi connectivity index (χ2v) is 3.68. The summed E-state index contributed by atoms with van der Waals surface area (Å²) >= 11 is 0. The molecule has 1 aromatic carbocycles. The molecule has 1 heterocycles. The topological polar surface area (TPSA) is 12.0 Å². The van der Waals surface area contributed by atoms with Gasteiger partial charge in [-0.25, -0.2) is 4.39 Å². The molecule has 1 aliphatic rings. The molecule has 0 fully saturated rings. The Morgan fingerprint density at radius 2 is 1.65 bits per heavy atom. The second kappa shape index (κ2) is 4.24. The highest BCUT2D eigenvalue weighted by Gasteiger charge is 2.31. The highest BCUT2D eigenvalue weighted by atomic mass is 19.4. The number of hydrogen-bond donors (Lipinski definition) is 1. The maximum atomic E-state index is 13.1. The van der Waals surface area contributed by atoms with Gasteiger partial charge < -0.3 is 5.32 Å². The molecule has 1 N–H and O–H groups in total. The van der Waals surface area contributed by atoms with Crippen LogP contribution in [0.4, 0.5) is 17.6 Å². The number of dihydropyridines is 1. The van der Waals surface area contributed by atoms with Crippen molar-refractivity contribution in [3.05, 3.63) is 59.7 Å². The number of hydrogen-bond acceptors (Lipinski definition) is 1. The molecule has 5 heteroatoms. The summed E-state index contributed by atoms with van der Waals surface area (Å²) in [7, 11) is 0. The number of halogens is 4. The van der Waals surface area contributed by atoms with Crippen molar-refractivity contribution in [2.75, 3.05) is 0 Å². The summed E-state index contributed by atoms with van der Waals surface area (Å²) in [5.41, 5.74) is -0.681. The van der Waals surface area contributed by atoms with Crippen molar-refractivity contribution in [1.29, 1.82) is 0 Å². The average Bonchev–Trinajstić information content (AvgIpc) is 2.28. The first kappa shape index (κ1) is 11.7. The third-order valence-corrected chi connectivity index (χ3v) is 2.43. The summed E-state index contributed by atoms with van der Waals surface area (Å²) < 4.78 is 50.6. The zero-order valence-corrected chi connectivity index (χ0v) is 8.63. The largest absolute Gasteiger partial charge is 0.416 e. The number of nitrogens with one attached hydrogen (secondary N) is 1. The molecular weight excluding hydrogens is 234 g/mol. The SMILES string of the molecule is Fc1cc(C2C=CNC=C2)cc(C(F)(F)F)c1. The molecule has 0 unspecified atom stereocenters. The molecule has 2 rings (SSSR count). The summed E-state index contributed by atoms with van der Waals surface area (Å²) in [4.78, 5) is 0. The van der Waals surface area contributed by atoms with Crippen LogP contribution in [0, 0.1) is 5.82 Å². The van der Waals surface area contributed by atoms with Crippen LogP contribution < -0.4 is 5.32 Å². The van der Waals surface area contributed by atoms with Gasteiger partial charge in [0.25, 0.3) is 0 Å². The van der Waals surface area contributed by atoms with E-state index in [1.165, 1.54) is 0 Å². The summed E-state index contributed by atoms with van der Waals surface area (Å²) in [6.45, 7) is 0. The Hall–Kier alpha value is -1.78. The Bertz CT molecular complexity index is 462. The maximum absolute atomic E-state index is 13.1. The molecule has 1 aromatic rings. The van der Waals surface area contributed by atoms with Crippen molar-refractivity contribution >= 4 is 0 Å². The van der Waals surface area contributed by atoms with Crippen LogP contribution in [0.25, 0.3) is 0 Å². The van der Waals surface area contributed by atoms with E-state index < -0.39 is 17.6 Å². The lowest BCUT2D eigenvalue weighted by Crippen LogP contribution is -2.08. The van der Waals surface area contributed by atoms with Crippen molar-refractivity contribution in [3.63, 3.8) is 0 Å². The predicted octanol–water partition coefficient (Wildman–Crippen LogP) is 3.56. The van der Waals surface area contributed by atoms with Gasteiger partial charge >= 0.3 is 6.18 Å². The first-order valence-electron chi connectivity index (χ1n) is 4.94. The lowest BCUT2D eigenvalue weighted by molar-refractivity contribution is -0.137. The van der Waals surface area contributed by atoms with Crippen LogP contribution in [0.5, 0.6) is 0 Å². The molecule has 17 heavy (non-hydrogen) atoms. The quantitative estimate of drug-likeness (QED) is 0.743. The van der Waals surface area contributed by atoms with Gasteiger partial charge in [0.05, 0.1) is 5.56 Å². The number of rotatable bonds is 1. The fourth-order valence-corrected chi connectivity index (χ4v) is 1.63. The van der Waals surface area contributed by atoms with Gasteiger partial charge in [-0.1, -0.05) is 12.2 Å². The van der Waals surface area contributed by atoms with Crippen LogP contribution in [-0.2, 0) is 6.18 Å². The summed E-state index contributed by atoms with van der Waals surface area (Å²) in [5.74, 6) is -1.22. The van der Waals surface area contributed by atoms with Crippen LogP contribution in [0.2, 0.25) is 0 Å². The van der Waals surface area contributed by atoms with Gasteiger partial charge in [-0.3, -0.25) is 0 Å². The first-order chi connectivity index (χ1) is 7.97. The van der Waals surface area contributed by atoms with E-state index in [9.17, 15) is 17.6 Å². The number of alkyl halides is 3. The van der Waals surface area contributed by atoms with Gasteiger partial charge in [0.1, 0.15) is 5.82 Å². The van der Waals surface area contributed by atoms with Gasteiger partial charge in [0.2, 0.25) is 0 Å². The molecule has 0 spiro atoms. The van der Waals surface area contributed by atoms with Crippen LogP contribution in [0.15, 0.2) is 42.8 Å². The Morgan fingerprint density at radius 1 is 1.00 bits per heavy atom. The van der Waals surface area contributed by atoms with E-state index in [1.807, 2.05) is 0 Å². The maximum Gasteiger partial charge on any atom is 0.416 e. The monoisotopic (exact) mass is 243 g/mol. The van der Waals surface area contributed by atoms with E-state index in [4.69, 9.17) is 0 Å². The molecule has 0 amide bonds. The molecule has 0 atom stereocenters. The normalized spacial score (nSPS) is 16.0. The summed E-state index contributed by atoms with van der Waals surface area (Å²) in [6.07, 6.45) is 1.99. The van der Waals surface area contributed by atoms with Gasteiger partial charge in [0, 0.05) is 5.92 Å². The minimum Gasteiger partial charge on any atom is -0.368 e. The number of benzene rings is 1. The zero-order chi connectivity index (χ0) is 12.5. The van der Waals surface area contributed by atoms with Crippen LogP contribution in [0.1, 0.15) is 17.0 Å². The zero-order valence-electron chi connectivity index (χ0n) is 8.63.